The fourth-order valence-electron chi connectivity index (χ4n) is 1.78. The first-order valence-corrected chi connectivity index (χ1v) is 5.85. The number of hydrogen-bond donors (Lipinski definition) is 0. The van der Waals surface area contributed by atoms with Crippen molar-refractivity contribution in [2.24, 2.45) is 0 Å². The van der Waals surface area contributed by atoms with Crippen LogP contribution >= 0.6 is 15.9 Å². The fourth-order valence-corrected chi connectivity index (χ4v) is 2.20. The molecule has 1 fully saturated rings. The lowest BCUT2D eigenvalue weighted by atomic mass is 10.1. The molecule has 0 saturated carbocycles. The second-order valence-electron chi connectivity index (χ2n) is 3.64. The monoisotopic (exact) mass is 255 g/mol. The molecule has 0 radical (unpaired) electrons. The summed E-state index contributed by atoms with van der Waals surface area (Å²) in [5.41, 5.74) is 1.28. The Morgan fingerprint density at radius 1 is 1.57 bits per heavy atom. The molecule has 0 aliphatic carbocycles. The predicted octanol–water partition coefficient (Wildman–Crippen LogP) is 2.96. The Balaban J connectivity index is 1.88. The van der Waals surface area contributed by atoms with Crippen LogP contribution in [0.2, 0.25) is 0 Å². The van der Waals surface area contributed by atoms with Gasteiger partial charge in [-0.15, -0.1) is 0 Å². The number of hydrogen-bond acceptors (Lipinski definition) is 2. The van der Waals surface area contributed by atoms with Gasteiger partial charge in [0.25, 0.3) is 0 Å². The van der Waals surface area contributed by atoms with Crippen molar-refractivity contribution in [2.75, 3.05) is 6.61 Å². The van der Waals surface area contributed by atoms with Crippen LogP contribution in [0.25, 0.3) is 0 Å². The summed E-state index contributed by atoms with van der Waals surface area (Å²) in [6, 6.07) is 1.99. The van der Waals surface area contributed by atoms with Gasteiger partial charge in [-0.2, -0.15) is 0 Å². The zero-order valence-electron chi connectivity index (χ0n) is 8.08. The highest BCUT2D eigenvalue weighted by Gasteiger charge is 2.15. The van der Waals surface area contributed by atoms with E-state index in [0.717, 1.165) is 23.9 Å². The molecule has 1 atom stereocenters. The topological polar surface area (TPSA) is 22.1 Å². The highest BCUT2D eigenvalue weighted by molar-refractivity contribution is 9.10. The number of halogens is 1. The number of aromatic nitrogens is 1. The molecule has 2 heterocycles. The molecule has 1 aromatic rings. The Bertz CT molecular complexity index is 297. The summed E-state index contributed by atoms with van der Waals surface area (Å²) < 4.78 is 6.74. The van der Waals surface area contributed by atoms with Crippen molar-refractivity contribution in [1.82, 2.24) is 4.98 Å². The lowest BCUT2D eigenvalue weighted by Crippen LogP contribution is -2.06. The average Bonchev–Trinajstić information content (AvgIpc) is 2.69. The van der Waals surface area contributed by atoms with E-state index in [9.17, 15) is 0 Å². The minimum absolute atomic E-state index is 0.474. The summed E-state index contributed by atoms with van der Waals surface area (Å²) in [7, 11) is 0. The van der Waals surface area contributed by atoms with E-state index in [1.54, 1.807) is 6.20 Å². The third-order valence-corrected chi connectivity index (χ3v) is 3.38. The highest BCUT2D eigenvalue weighted by atomic mass is 79.9. The van der Waals surface area contributed by atoms with Crippen molar-refractivity contribution >= 4 is 15.9 Å². The van der Waals surface area contributed by atoms with E-state index < -0.39 is 0 Å². The van der Waals surface area contributed by atoms with Crippen LogP contribution in [0.3, 0.4) is 0 Å². The quantitative estimate of drug-likeness (QED) is 0.829. The zero-order chi connectivity index (χ0) is 9.80. The lowest BCUT2D eigenvalue weighted by Gasteiger charge is -2.09. The number of aryl methyl sites for hydroxylation is 1. The lowest BCUT2D eigenvalue weighted by molar-refractivity contribution is 0.104. The van der Waals surface area contributed by atoms with Crippen LogP contribution in [0, 0.1) is 0 Å². The maximum Gasteiger partial charge on any atom is 0.0579 e. The first-order valence-electron chi connectivity index (χ1n) is 5.06. The van der Waals surface area contributed by atoms with Gasteiger partial charge in [0, 0.05) is 23.5 Å². The van der Waals surface area contributed by atoms with Gasteiger partial charge in [-0.3, -0.25) is 4.98 Å². The van der Waals surface area contributed by atoms with Crippen molar-refractivity contribution in [3.8, 4) is 0 Å². The van der Waals surface area contributed by atoms with E-state index in [2.05, 4.69) is 20.9 Å². The van der Waals surface area contributed by atoms with Gasteiger partial charge in [0.15, 0.2) is 0 Å². The maximum atomic E-state index is 5.58. The van der Waals surface area contributed by atoms with Gasteiger partial charge in [-0.05, 0) is 37.3 Å². The molecule has 2 nitrogen and oxygen atoms in total. The molecule has 3 heteroatoms. The van der Waals surface area contributed by atoms with Gasteiger partial charge >= 0.3 is 0 Å². The second kappa shape index (κ2) is 4.89. The van der Waals surface area contributed by atoms with E-state index in [0.29, 0.717) is 6.10 Å². The summed E-state index contributed by atoms with van der Waals surface area (Å²) in [5, 5.41) is 0. The van der Waals surface area contributed by atoms with Crippen LogP contribution in [0.15, 0.2) is 22.9 Å². The molecule has 1 aromatic heterocycles. The Hall–Kier alpha value is -0.410. The molecular weight excluding hydrogens is 242 g/mol. The molecule has 1 aliphatic rings. The summed E-state index contributed by atoms with van der Waals surface area (Å²) in [6.45, 7) is 0.943. The Kier molecular flexibility index (Phi) is 3.54. The molecular formula is C11H14BrNO. The van der Waals surface area contributed by atoms with E-state index in [4.69, 9.17) is 4.74 Å². The predicted molar refractivity (Wildman–Crippen MR) is 59.2 cm³/mol. The minimum atomic E-state index is 0.474. The number of nitrogens with zero attached hydrogens (tertiary/aromatic N) is 1. The zero-order valence-corrected chi connectivity index (χ0v) is 9.66. The molecule has 14 heavy (non-hydrogen) atoms. The SMILES string of the molecule is Brc1ccncc1CCC1CCCO1. The minimum Gasteiger partial charge on any atom is -0.378 e. The van der Waals surface area contributed by atoms with E-state index >= 15 is 0 Å². The molecule has 0 spiro atoms. The standard InChI is InChI=1S/C11H14BrNO/c12-11-5-6-13-8-9(11)3-4-10-2-1-7-14-10/h5-6,8,10H,1-4,7H2. The Labute approximate surface area is 92.8 Å². The smallest absolute Gasteiger partial charge is 0.0579 e. The van der Waals surface area contributed by atoms with Gasteiger partial charge in [-0.1, -0.05) is 15.9 Å². The average molecular weight is 256 g/mol. The highest BCUT2D eigenvalue weighted by Crippen LogP contribution is 2.21. The molecule has 1 aliphatic heterocycles. The first-order chi connectivity index (χ1) is 6.86. The normalized spacial score (nSPS) is 21.4. The van der Waals surface area contributed by atoms with Crippen molar-refractivity contribution in [2.45, 2.75) is 31.8 Å². The summed E-state index contributed by atoms with van der Waals surface area (Å²) >= 11 is 3.53. The van der Waals surface area contributed by atoms with Crippen LogP contribution in [-0.2, 0) is 11.2 Å². The molecule has 0 N–H and O–H groups in total. The van der Waals surface area contributed by atoms with Gasteiger partial charge in [0.2, 0.25) is 0 Å². The first kappa shape index (κ1) is 10.1. The third kappa shape index (κ3) is 2.55. The van der Waals surface area contributed by atoms with Crippen molar-refractivity contribution < 1.29 is 4.74 Å². The molecule has 0 aromatic carbocycles. The number of ether oxygens (including phenoxy) is 1. The Morgan fingerprint density at radius 2 is 2.50 bits per heavy atom. The van der Waals surface area contributed by atoms with Crippen LogP contribution in [0.5, 0.6) is 0 Å². The van der Waals surface area contributed by atoms with E-state index in [1.807, 2.05) is 12.3 Å². The molecule has 2 rings (SSSR count). The summed E-state index contributed by atoms with van der Waals surface area (Å²) in [6.07, 6.45) is 8.82. The molecule has 1 unspecified atom stereocenters. The van der Waals surface area contributed by atoms with E-state index in [-0.39, 0.29) is 0 Å². The van der Waals surface area contributed by atoms with Gasteiger partial charge in [0.1, 0.15) is 0 Å². The van der Waals surface area contributed by atoms with Crippen LogP contribution in [0.4, 0.5) is 0 Å². The summed E-state index contributed by atoms with van der Waals surface area (Å²) in [5.74, 6) is 0. The fraction of sp³-hybridized carbons (Fsp3) is 0.545. The van der Waals surface area contributed by atoms with Gasteiger partial charge in [0.05, 0.1) is 6.10 Å². The van der Waals surface area contributed by atoms with Crippen LogP contribution in [0.1, 0.15) is 24.8 Å². The Morgan fingerprint density at radius 3 is 3.21 bits per heavy atom. The molecule has 76 valence electrons. The van der Waals surface area contributed by atoms with Gasteiger partial charge < -0.3 is 4.74 Å². The largest absolute Gasteiger partial charge is 0.378 e. The van der Waals surface area contributed by atoms with Gasteiger partial charge in [-0.25, -0.2) is 0 Å². The van der Waals surface area contributed by atoms with Crippen LogP contribution in [-0.4, -0.2) is 17.7 Å². The molecule has 0 amide bonds. The number of pyridine rings is 1. The second-order valence-corrected chi connectivity index (χ2v) is 4.50. The maximum absolute atomic E-state index is 5.58. The van der Waals surface area contributed by atoms with Crippen molar-refractivity contribution in [1.29, 1.82) is 0 Å². The summed E-state index contributed by atoms with van der Waals surface area (Å²) in [4.78, 5) is 4.12. The molecule has 1 saturated heterocycles. The molecule has 0 bridgehead atoms. The van der Waals surface area contributed by atoms with Crippen LogP contribution < -0.4 is 0 Å². The van der Waals surface area contributed by atoms with Crippen molar-refractivity contribution in [3.63, 3.8) is 0 Å². The number of rotatable bonds is 3. The van der Waals surface area contributed by atoms with E-state index in [1.165, 1.54) is 18.4 Å². The van der Waals surface area contributed by atoms with Crippen molar-refractivity contribution in [3.05, 3.63) is 28.5 Å². The third-order valence-electron chi connectivity index (χ3n) is 2.60.